The van der Waals surface area contributed by atoms with E-state index in [0.717, 1.165) is 64.7 Å². The third-order valence-corrected chi connectivity index (χ3v) is 8.12. The van der Waals surface area contributed by atoms with Gasteiger partial charge in [0.2, 0.25) is 0 Å². The maximum Gasteiger partial charge on any atom is 0.141 e. The minimum absolute atomic E-state index is 0.206. The summed E-state index contributed by atoms with van der Waals surface area (Å²) in [5, 5.41) is 4.59. The molecular weight excluding hydrogens is 548 g/mol. The average molecular weight is 578 g/mol. The van der Waals surface area contributed by atoms with E-state index in [1.54, 1.807) is 24.3 Å². The number of aromatic nitrogens is 2. The van der Waals surface area contributed by atoms with Crippen molar-refractivity contribution in [2.75, 3.05) is 24.8 Å². The standard InChI is InChI=1S/C31H30ClFN3O3P/c1-40(2,37)15-4-3-8-25-11-14-29(39-25)22-9-12-28-26(17-22)31(35-20-34-28)36-24-10-13-30(27(32)18-24)38-19-21-6-5-7-23(33)16-21/h5-7,9-14,16-18,20H,3-4,8,15,19H2,1-2H3,(H,34,35,36). The fourth-order valence-electron chi connectivity index (χ4n) is 4.39. The van der Waals surface area contributed by atoms with Crippen molar-refractivity contribution in [3.63, 3.8) is 0 Å². The highest BCUT2D eigenvalue weighted by atomic mass is 35.5. The first-order valence-corrected chi connectivity index (χ1v) is 16.2. The van der Waals surface area contributed by atoms with Crippen molar-refractivity contribution in [1.82, 2.24) is 9.97 Å². The van der Waals surface area contributed by atoms with Crippen LogP contribution in [0, 0.1) is 5.82 Å². The first-order valence-electron chi connectivity index (χ1n) is 13.1. The summed E-state index contributed by atoms with van der Waals surface area (Å²) in [5.41, 5.74) is 3.16. The fourth-order valence-corrected chi connectivity index (χ4v) is 5.61. The van der Waals surface area contributed by atoms with E-state index < -0.39 is 7.14 Å². The number of furan rings is 1. The van der Waals surface area contributed by atoms with Gasteiger partial charge in [-0.1, -0.05) is 23.7 Å². The van der Waals surface area contributed by atoms with Crippen LogP contribution in [0.5, 0.6) is 5.75 Å². The summed E-state index contributed by atoms with van der Waals surface area (Å²) >= 11 is 6.49. The number of rotatable bonds is 11. The normalized spacial score (nSPS) is 11.6. The van der Waals surface area contributed by atoms with Gasteiger partial charge in [-0.2, -0.15) is 0 Å². The lowest BCUT2D eigenvalue weighted by Gasteiger charge is -2.12. The maximum absolute atomic E-state index is 13.4. The molecule has 0 spiro atoms. The number of anilines is 2. The number of unbranched alkanes of at least 4 members (excludes halogenated alkanes) is 1. The Balaban J connectivity index is 1.29. The number of hydrogen-bond donors (Lipinski definition) is 1. The van der Waals surface area contributed by atoms with E-state index in [-0.39, 0.29) is 12.4 Å². The van der Waals surface area contributed by atoms with Gasteiger partial charge >= 0.3 is 0 Å². The van der Waals surface area contributed by atoms with E-state index in [1.165, 1.54) is 18.5 Å². The van der Waals surface area contributed by atoms with Gasteiger partial charge in [-0.3, -0.25) is 0 Å². The Morgan fingerprint density at radius 2 is 1.88 bits per heavy atom. The minimum atomic E-state index is -1.98. The third kappa shape index (κ3) is 7.29. The van der Waals surface area contributed by atoms with E-state index in [1.807, 2.05) is 49.7 Å². The monoisotopic (exact) mass is 577 g/mol. The van der Waals surface area contributed by atoms with E-state index in [9.17, 15) is 8.96 Å². The molecule has 0 aliphatic heterocycles. The van der Waals surface area contributed by atoms with E-state index in [2.05, 4.69) is 15.3 Å². The predicted molar refractivity (Wildman–Crippen MR) is 160 cm³/mol. The van der Waals surface area contributed by atoms with Gasteiger partial charge in [0.05, 0.1) is 17.7 Å². The van der Waals surface area contributed by atoms with Crippen LogP contribution in [0.3, 0.4) is 0 Å². The van der Waals surface area contributed by atoms with Crippen LogP contribution >= 0.6 is 18.7 Å². The summed E-state index contributed by atoms with van der Waals surface area (Å²) in [6, 6.07) is 21.5. The van der Waals surface area contributed by atoms with Crippen molar-refractivity contribution in [2.45, 2.75) is 25.9 Å². The summed E-state index contributed by atoms with van der Waals surface area (Å²) in [5.74, 6) is 2.50. The van der Waals surface area contributed by atoms with Crippen molar-refractivity contribution in [2.24, 2.45) is 0 Å². The van der Waals surface area contributed by atoms with Crippen molar-refractivity contribution in [1.29, 1.82) is 0 Å². The van der Waals surface area contributed by atoms with Crippen molar-refractivity contribution < 1.29 is 18.1 Å². The maximum atomic E-state index is 13.4. The molecule has 0 aliphatic carbocycles. The Morgan fingerprint density at radius 3 is 2.67 bits per heavy atom. The van der Waals surface area contributed by atoms with Crippen LogP contribution in [0.2, 0.25) is 5.02 Å². The number of benzene rings is 3. The molecule has 0 unspecified atom stereocenters. The molecule has 6 nitrogen and oxygen atoms in total. The Hall–Kier alpha value is -3.67. The molecule has 5 rings (SSSR count). The molecule has 5 aromatic rings. The second kappa shape index (κ2) is 12.2. The minimum Gasteiger partial charge on any atom is -0.487 e. The first kappa shape index (κ1) is 27.9. The molecule has 0 fully saturated rings. The number of halogens is 2. The number of aryl methyl sites for hydroxylation is 1. The Labute approximate surface area is 237 Å². The third-order valence-electron chi connectivity index (χ3n) is 6.43. The van der Waals surface area contributed by atoms with Crippen molar-refractivity contribution >= 4 is 41.2 Å². The topological polar surface area (TPSA) is 77.2 Å². The second-order valence-corrected chi connectivity index (χ2v) is 14.2. The highest BCUT2D eigenvalue weighted by Crippen LogP contribution is 2.37. The second-order valence-electron chi connectivity index (χ2n) is 10.2. The largest absolute Gasteiger partial charge is 0.487 e. The van der Waals surface area contributed by atoms with Crippen LogP contribution in [0.25, 0.3) is 22.2 Å². The molecule has 0 radical (unpaired) electrons. The van der Waals surface area contributed by atoms with Crippen LogP contribution in [-0.2, 0) is 17.6 Å². The summed E-state index contributed by atoms with van der Waals surface area (Å²) in [6.45, 7) is 3.87. The fraction of sp³-hybridized carbons (Fsp3) is 0.226. The molecule has 3 aromatic carbocycles. The molecule has 1 N–H and O–H groups in total. The van der Waals surface area contributed by atoms with Crippen LogP contribution in [0.4, 0.5) is 15.9 Å². The molecule has 0 bridgehead atoms. The first-order chi connectivity index (χ1) is 19.2. The molecule has 0 saturated heterocycles. The van der Waals surface area contributed by atoms with Crippen LogP contribution < -0.4 is 10.1 Å². The lowest BCUT2D eigenvalue weighted by Crippen LogP contribution is -1.99. The summed E-state index contributed by atoms with van der Waals surface area (Å²) in [7, 11) is -1.98. The molecule has 9 heteroatoms. The van der Waals surface area contributed by atoms with Gasteiger partial charge in [-0.15, -0.1) is 0 Å². The number of ether oxygens (including phenoxy) is 1. The smallest absolute Gasteiger partial charge is 0.141 e. The number of nitrogens with zero attached hydrogens (tertiary/aromatic N) is 2. The van der Waals surface area contributed by atoms with Gasteiger partial charge in [0.1, 0.15) is 41.8 Å². The molecule has 0 saturated carbocycles. The zero-order valence-electron chi connectivity index (χ0n) is 22.4. The van der Waals surface area contributed by atoms with Gasteiger partial charge in [0.25, 0.3) is 0 Å². The Bertz CT molecular complexity index is 1680. The summed E-state index contributed by atoms with van der Waals surface area (Å²) in [4.78, 5) is 8.87. The van der Waals surface area contributed by atoms with Gasteiger partial charge in [-0.25, -0.2) is 14.4 Å². The molecule has 0 atom stereocenters. The predicted octanol–water partition coefficient (Wildman–Crippen LogP) is 8.95. The van der Waals surface area contributed by atoms with Crippen LogP contribution in [-0.4, -0.2) is 29.5 Å². The van der Waals surface area contributed by atoms with Crippen LogP contribution in [0.15, 0.2) is 83.5 Å². The summed E-state index contributed by atoms with van der Waals surface area (Å²) < 4.78 is 37.3. The lowest BCUT2D eigenvalue weighted by molar-refractivity contribution is 0.306. The number of nitrogens with one attached hydrogen (secondary N) is 1. The Morgan fingerprint density at radius 1 is 1.00 bits per heavy atom. The summed E-state index contributed by atoms with van der Waals surface area (Å²) in [6.07, 6.45) is 4.95. The number of fused-ring (bicyclic) bond motifs is 1. The Kier molecular flexibility index (Phi) is 8.53. The van der Waals surface area contributed by atoms with Crippen molar-refractivity contribution in [3.05, 3.63) is 101 Å². The quantitative estimate of drug-likeness (QED) is 0.125. The van der Waals surface area contributed by atoms with E-state index >= 15 is 0 Å². The zero-order valence-corrected chi connectivity index (χ0v) is 24.0. The molecule has 0 aliphatic rings. The van der Waals surface area contributed by atoms with Gasteiger partial charge in [0, 0.05) is 29.2 Å². The molecule has 2 heterocycles. The van der Waals surface area contributed by atoms with Crippen LogP contribution in [0.1, 0.15) is 24.2 Å². The highest BCUT2D eigenvalue weighted by Gasteiger charge is 2.12. The molecule has 0 amide bonds. The SMILES string of the molecule is CP(C)(=O)CCCCc1ccc(-c2ccc3ncnc(Nc4ccc(OCc5cccc(F)c5)c(Cl)c4)c3c2)o1. The van der Waals surface area contributed by atoms with E-state index in [0.29, 0.717) is 16.6 Å². The molecule has 2 aromatic heterocycles. The number of hydrogen-bond acceptors (Lipinski definition) is 6. The van der Waals surface area contributed by atoms with Crippen molar-refractivity contribution in [3.8, 4) is 17.1 Å². The van der Waals surface area contributed by atoms with Gasteiger partial charge < -0.3 is 19.0 Å². The lowest BCUT2D eigenvalue weighted by atomic mass is 10.1. The molecule has 40 heavy (non-hydrogen) atoms. The van der Waals surface area contributed by atoms with E-state index in [4.69, 9.17) is 20.8 Å². The zero-order chi connectivity index (χ0) is 28.1. The highest BCUT2D eigenvalue weighted by molar-refractivity contribution is 7.62. The molecule has 206 valence electrons. The van der Waals surface area contributed by atoms with Gasteiger partial charge in [0.15, 0.2) is 0 Å². The average Bonchev–Trinajstić information content (AvgIpc) is 3.39. The van der Waals surface area contributed by atoms with Gasteiger partial charge in [-0.05, 0) is 92.4 Å². The molecular formula is C31H30ClFN3O3P.